The second kappa shape index (κ2) is 8.61. The number of rotatable bonds is 6. The van der Waals surface area contributed by atoms with Crippen molar-refractivity contribution in [2.45, 2.75) is 26.8 Å². The van der Waals surface area contributed by atoms with Crippen LogP contribution < -0.4 is 14.8 Å². The van der Waals surface area contributed by atoms with Gasteiger partial charge >= 0.3 is 5.97 Å². The quantitative estimate of drug-likeness (QED) is 0.613. The standard InChI is InChI=1S/C22H23NO5/c1-14-4-7-18(10-15(14)2)16(3)23-21(24)12-26-22(25)9-6-17-5-8-19-20(11-17)28-13-27-19/h4-11,16H,12-13H2,1-3H3,(H,23,24)/b9-6+/t16-/m0/s1. The first-order valence-electron chi connectivity index (χ1n) is 9.03. The molecule has 3 rings (SSSR count). The van der Waals surface area contributed by atoms with Crippen LogP contribution >= 0.6 is 0 Å². The molecule has 1 N–H and O–H groups in total. The van der Waals surface area contributed by atoms with Crippen molar-refractivity contribution in [2.24, 2.45) is 0 Å². The molecule has 2 aromatic rings. The minimum atomic E-state index is -0.591. The van der Waals surface area contributed by atoms with E-state index in [0.717, 1.165) is 11.1 Å². The van der Waals surface area contributed by atoms with Crippen LogP contribution in [0, 0.1) is 13.8 Å². The molecule has 0 saturated carbocycles. The Labute approximate surface area is 164 Å². The van der Waals surface area contributed by atoms with Crippen LogP contribution in [0.2, 0.25) is 0 Å². The first-order chi connectivity index (χ1) is 13.4. The molecular weight excluding hydrogens is 358 g/mol. The van der Waals surface area contributed by atoms with Crippen LogP contribution in [0.25, 0.3) is 6.08 Å². The van der Waals surface area contributed by atoms with E-state index in [1.807, 2.05) is 39.0 Å². The molecule has 0 radical (unpaired) electrons. The molecule has 28 heavy (non-hydrogen) atoms. The average molecular weight is 381 g/mol. The normalized spacial score (nSPS) is 13.4. The highest BCUT2D eigenvalue weighted by molar-refractivity contribution is 5.89. The third kappa shape index (κ3) is 4.91. The van der Waals surface area contributed by atoms with E-state index in [1.54, 1.807) is 24.3 Å². The number of benzene rings is 2. The van der Waals surface area contributed by atoms with Gasteiger partial charge < -0.3 is 19.5 Å². The number of ether oxygens (including phenoxy) is 3. The molecule has 6 nitrogen and oxygen atoms in total. The lowest BCUT2D eigenvalue weighted by atomic mass is 10.0. The molecule has 1 amide bonds. The van der Waals surface area contributed by atoms with Crippen LogP contribution in [0.5, 0.6) is 11.5 Å². The van der Waals surface area contributed by atoms with Crippen LogP contribution in [0.15, 0.2) is 42.5 Å². The van der Waals surface area contributed by atoms with Gasteiger partial charge in [0, 0.05) is 6.08 Å². The number of esters is 1. The molecule has 0 saturated heterocycles. The number of amides is 1. The molecule has 0 unspecified atom stereocenters. The number of carbonyl (C=O) groups excluding carboxylic acids is 2. The van der Waals surface area contributed by atoms with Crippen LogP contribution in [0.4, 0.5) is 0 Å². The summed E-state index contributed by atoms with van der Waals surface area (Å²) in [6.07, 6.45) is 2.87. The summed E-state index contributed by atoms with van der Waals surface area (Å²) in [5.74, 6) is 0.367. The Kier molecular flexibility index (Phi) is 5.99. The highest BCUT2D eigenvalue weighted by atomic mass is 16.7. The van der Waals surface area contributed by atoms with Crippen molar-refractivity contribution in [3.8, 4) is 11.5 Å². The molecule has 0 fully saturated rings. The van der Waals surface area contributed by atoms with Gasteiger partial charge in [0.15, 0.2) is 18.1 Å². The van der Waals surface area contributed by atoms with Crippen molar-refractivity contribution in [1.82, 2.24) is 5.32 Å². The maximum Gasteiger partial charge on any atom is 0.331 e. The number of fused-ring (bicyclic) bond motifs is 1. The van der Waals surface area contributed by atoms with Gasteiger partial charge in [-0.3, -0.25) is 4.79 Å². The Morgan fingerprint density at radius 2 is 1.89 bits per heavy atom. The zero-order chi connectivity index (χ0) is 20.1. The second-order valence-electron chi connectivity index (χ2n) is 6.69. The van der Waals surface area contributed by atoms with E-state index in [2.05, 4.69) is 5.32 Å². The molecule has 2 aromatic carbocycles. The first-order valence-corrected chi connectivity index (χ1v) is 9.03. The van der Waals surface area contributed by atoms with Gasteiger partial charge in [-0.05, 0) is 61.2 Å². The average Bonchev–Trinajstić information content (AvgIpc) is 3.14. The summed E-state index contributed by atoms with van der Waals surface area (Å²) in [6, 6.07) is 11.2. The zero-order valence-electron chi connectivity index (χ0n) is 16.2. The Hall–Kier alpha value is -3.28. The van der Waals surface area contributed by atoms with Crippen molar-refractivity contribution in [3.63, 3.8) is 0 Å². The fourth-order valence-electron chi connectivity index (χ4n) is 2.77. The lowest BCUT2D eigenvalue weighted by Crippen LogP contribution is -2.31. The Bertz CT molecular complexity index is 919. The maximum atomic E-state index is 12.0. The molecule has 1 aliphatic heterocycles. The zero-order valence-corrected chi connectivity index (χ0v) is 16.2. The highest BCUT2D eigenvalue weighted by Crippen LogP contribution is 2.32. The van der Waals surface area contributed by atoms with Gasteiger partial charge in [-0.1, -0.05) is 24.3 Å². The predicted octanol–water partition coefficient (Wildman–Crippen LogP) is 3.47. The van der Waals surface area contributed by atoms with Crippen molar-refractivity contribution < 1.29 is 23.8 Å². The number of nitrogens with one attached hydrogen (secondary N) is 1. The Morgan fingerprint density at radius 3 is 2.68 bits per heavy atom. The smallest absolute Gasteiger partial charge is 0.331 e. The van der Waals surface area contributed by atoms with E-state index in [9.17, 15) is 9.59 Å². The SMILES string of the molecule is Cc1ccc([C@H](C)NC(=O)COC(=O)/C=C/c2ccc3c(c2)OCO3)cc1C. The summed E-state index contributed by atoms with van der Waals surface area (Å²) in [4.78, 5) is 23.9. The highest BCUT2D eigenvalue weighted by Gasteiger charge is 2.13. The van der Waals surface area contributed by atoms with E-state index >= 15 is 0 Å². The van der Waals surface area contributed by atoms with Crippen molar-refractivity contribution in [3.05, 3.63) is 64.7 Å². The topological polar surface area (TPSA) is 73.9 Å². The summed E-state index contributed by atoms with van der Waals surface area (Å²) in [5.41, 5.74) is 4.14. The van der Waals surface area contributed by atoms with Crippen molar-refractivity contribution in [2.75, 3.05) is 13.4 Å². The number of carbonyl (C=O) groups is 2. The fraction of sp³-hybridized carbons (Fsp3) is 0.273. The third-order valence-corrected chi connectivity index (χ3v) is 4.56. The van der Waals surface area contributed by atoms with Gasteiger partial charge in [-0.2, -0.15) is 0 Å². The first kappa shape index (κ1) is 19.5. The molecule has 1 aliphatic rings. The van der Waals surface area contributed by atoms with Gasteiger partial charge in [0.1, 0.15) is 0 Å². The van der Waals surface area contributed by atoms with Gasteiger partial charge in [0.05, 0.1) is 6.04 Å². The Balaban J connectivity index is 1.47. The number of hydrogen-bond donors (Lipinski definition) is 1. The van der Waals surface area contributed by atoms with E-state index in [4.69, 9.17) is 14.2 Å². The molecular formula is C22H23NO5. The van der Waals surface area contributed by atoms with Crippen LogP contribution in [-0.2, 0) is 14.3 Å². The van der Waals surface area contributed by atoms with Crippen LogP contribution in [0.3, 0.4) is 0 Å². The van der Waals surface area contributed by atoms with Crippen LogP contribution in [0.1, 0.15) is 35.2 Å². The summed E-state index contributed by atoms with van der Waals surface area (Å²) in [7, 11) is 0. The lowest BCUT2D eigenvalue weighted by molar-refractivity contribution is -0.144. The predicted molar refractivity (Wildman–Crippen MR) is 105 cm³/mol. The van der Waals surface area contributed by atoms with E-state index in [1.165, 1.54) is 17.2 Å². The van der Waals surface area contributed by atoms with E-state index in [-0.39, 0.29) is 25.3 Å². The molecule has 0 spiro atoms. The minimum Gasteiger partial charge on any atom is -0.454 e. The molecule has 146 valence electrons. The molecule has 1 heterocycles. The minimum absolute atomic E-state index is 0.172. The van der Waals surface area contributed by atoms with Crippen LogP contribution in [-0.4, -0.2) is 25.3 Å². The van der Waals surface area contributed by atoms with E-state index in [0.29, 0.717) is 11.5 Å². The Morgan fingerprint density at radius 1 is 1.11 bits per heavy atom. The van der Waals surface area contributed by atoms with Crippen molar-refractivity contribution >= 4 is 18.0 Å². The largest absolute Gasteiger partial charge is 0.454 e. The monoisotopic (exact) mass is 381 g/mol. The fourth-order valence-corrected chi connectivity index (χ4v) is 2.77. The summed E-state index contributed by atoms with van der Waals surface area (Å²) in [6.45, 7) is 5.82. The molecule has 6 heteroatoms. The van der Waals surface area contributed by atoms with Gasteiger partial charge in [-0.25, -0.2) is 4.79 Å². The second-order valence-corrected chi connectivity index (χ2v) is 6.69. The molecule has 0 bridgehead atoms. The van der Waals surface area contributed by atoms with Gasteiger partial charge in [0.2, 0.25) is 6.79 Å². The van der Waals surface area contributed by atoms with Gasteiger partial charge in [0.25, 0.3) is 5.91 Å². The summed E-state index contributed by atoms with van der Waals surface area (Å²) >= 11 is 0. The molecule has 0 aromatic heterocycles. The summed E-state index contributed by atoms with van der Waals surface area (Å²) < 4.78 is 15.5. The number of aryl methyl sites for hydroxylation is 2. The lowest BCUT2D eigenvalue weighted by Gasteiger charge is -2.15. The summed E-state index contributed by atoms with van der Waals surface area (Å²) in [5, 5.41) is 2.83. The van der Waals surface area contributed by atoms with Gasteiger partial charge in [-0.15, -0.1) is 0 Å². The van der Waals surface area contributed by atoms with E-state index < -0.39 is 5.97 Å². The van der Waals surface area contributed by atoms with Crippen molar-refractivity contribution in [1.29, 1.82) is 0 Å². The third-order valence-electron chi connectivity index (χ3n) is 4.56. The molecule has 0 aliphatic carbocycles. The number of hydrogen-bond acceptors (Lipinski definition) is 5. The molecule has 1 atom stereocenters. The maximum absolute atomic E-state index is 12.0.